The number of aromatic nitrogens is 1. The maximum absolute atomic E-state index is 13.1. The molecule has 7 heteroatoms. The van der Waals surface area contributed by atoms with Gasteiger partial charge in [-0.1, -0.05) is 17.7 Å². The van der Waals surface area contributed by atoms with Gasteiger partial charge in [-0.15, -0.1) is 0 Å². The van der Waals surface area contributed by atoms with Crippen LogP contribution in [-0.2, 0) is 22.8 Å². The van der Waals surface area contributed by atoms with Crippen molar-refractivity contribution in [1.82, 2.24) is 4.57 Å². The standard InChI is InChI=1S/C21H17NO5S/c1-13-2-4-15(5-3-13)28(24,25)20-7-6-17-16-11-19-18(26-12-27-19)10-14(16)8-9-22(17)21(20)23/h2-7,10-11H,8-9,12H2,1H3. The quantitative estimate of drug-likeness (QED) is 0.667. The third kappa shape index (κ3) is 2.46. The Morgan fingerprint density at radius 3 is 2.43 bits per heavy atom. The van der Waals surface area contributed by atoms with Crippen molar-refractivity contribution in [3.63, 3.8) is 0 Å². The van der Waals surface area contributed by atoms with Crippen LogP contribution in [0.1, 0.15) is 11.1 Å². The second kappa shape index (κ2) is 5.97. The van der Waals surface area contributed by atoms with Gasteiger partial charge in [0.1, 0.15) is 4.90 Å². The third-order valence-electron chi connectivity index (χ3n) is 5.24. The Balaban J connectivity index is 1.66. The fourth-order valence-electron chi connectivity index (χ4n) is 3.73. The average Bonchev–Trinajstić information content (AvgIpc) is 3.14. The van der Waals surface area contributed by atoms with Gasteiger partial charge in [-0.2, -0.15) is 0 Å². The van der Waals surface area contributed by atoms with Crippen molar-refractivity contribution in [3.8, 4) is 22.8 Å². The second-order valence-corrected chi connectivity index (χ2v) is 8.89. The van der Waals surface area contributed by atoms with Crippen LogP contribution >= 0.6 is 0 Å². The zero-order valence-electron chi connectivity index (χ0n) is 15.1. The van der Waals surface area contributed by atoms with Gasteiger partial charge in [-0.3, -0.25) is 4.79 Å². The van der Waals surface area contributed by atoms with Crippen molar-refractivity contribution >= 4 is 9.84 Å². The zero-order chi connectivity index (χ0) is 19.5. The van der Waals surface area contributed by atoms with Crippen LogP contribution in [-0.4, -0.2) is 19.8 Å². The highest BCUT2D eigenvalue weighted by atomic mass is 32.2. The lowest BCUT2D eigenvalue weighted by atomic mass is 9.96. The Bertz CT molecular complexity index is 1270. The van der Waals surface area contributed by atoms with E-state index in [1.54, 1.807) is 18.2 Å². The van der Waals surface area contributed by atoms with E-state index in [-0.39, 0.29) is 16.6 Å². The van der Waals surface area contributed by atoms with E-state index >= 15 is 0 Å². The van der Waals surface area contributed by atoms with E-state index in [4.69, 9.17) is 9.47 Å². The minimum absolute atomic E-state index is 0.121. The number of hydrogen-bond donors (Lipinski definition) is 0. The molecule has 2 aliphatic rings. The maximum Gasteiger partial charge on any atom is 0.270 e. The van der Waals surface area contributed by atoms with Crippen molar-refractivity contribution in [1.29, 1.82) is 0 Å². The molecule has 1 aromatic heterocycles. The summed E-state index contributed by atoms with van der Waals surface area (Å²) in [6.07, 6.45) is 0.618. The Morgan fingerprint density at radius 2 is 1.68 bits per heavy atom. The van der Waals surface area contributed by atoms with Gasteiger partial charge in [0.15, 0.2) is 11.5 Å². The first-order valence-corrected chi connectivity index (χ1v) is 10.4. The molecule has 0 aliphatic carbocycles. The van der Waals surface area contributed by atoms with Gasteiger partial charge in [0.2, 0.25) is 16.6 Å². The summed E-state index contributed by atoms with van der Waals surface area (Å²) < 4.78 is 38.4. The average molecular weight is 395 g/mol. The first-order chi connectivity index (χ1) is 13.4. The van der Waals surface area contributed by atoms with Gasteiger partial charge in [0.25, 0.3) is 5.56 Å². The van der Waals surface area contributed by atoms with Crippen molar-refractivity contribution in [2.75, 3.05) is 6.79 Å². The van der Waals surface area contributed by atoms with Crippen LogP contribution in [0.2, 0.25) is 0 Å². The molecule has 28 heavy (non-hydrogen) atoms. The molecule has 0 unspecified atom stereocenters. The number of hydrogen-bond acceptors (Lipinski definition) is 5. The molecular formula is C21H17NO5S. The van der Waals surface area contributed by atoms with Crippen molar-refractivity contribution < 1.29 is 17.9 Å². The Kier molecular flexibility index (Phi) is 3.64. The number of aryl methyl sites for hydroxylation is 2. The number of rotatable bonds is 2. The molecule has 0 saturated heterocycles. The summed E-state index contributed by atoms with van der Waals surface area (Å²) >= 11 is 0. The first kappa shape index (κ1) is 17.1. The molecule has 5 rings (SSSR count). The Morgan fingerprint density at radius 1 is 0.964 bits per heavy atom. The van der Waals surface area contributed by atoms with E-state index < -0.39 is 15.4 Å². The SMILES string of the molecule is Cc1ccc(S(=O)(=O)c2ccc3n(c2=O)CCc2cc4c(cc2-3)OCO4)cc1. The minimum atomic E-state index is -3.88. The summed E-state index contributed by atoms with van der Waals surface area (Å²) in [5.41, 5.74) is 3.06. The number of fused-ring (bicyclic) bond motifs is 4. The van der Waals surface area contributed by atoms with Gasteiger partial charge in [-0.25, -0.2) is 8.42 Å². The fourth-order valence-corrected chi connectivity index (χ4v) is 5.06. The van der Waals surface area contributed by atoms with E-state index in [2.05, 4.69) is 0 Å². The number of nitrogens with zero attached hydrogens (tertiary/aromatic N) is 1. The summed E-state index contributed by atoms with van der Waals surface area (Å²) in [6.45, 7) is 2.48. The van der Waals surface area contributed by atoms with Crippen molar-refractivity contribution in [2.24, 2.45) is 0 Å². The van der Waals surface area contributed by atoms with Crippen LogP contribution in [0.5, 0.6) is 11.5 Å². The summed E-state index contributed by atoms with van der Waals surface area (Å²) in [7, 11) is -3.88. The van der Waals surface area contributed by atoms with E-state index in [1.165, 1.54) is 22.8 Å². The molecule has 2 aliphatic heterocycles. The van der Waals surface area contributed by atoms with E-state index in [1.807, 2.05) is 19.1 Å². The lowest BCUT2D eigenvalue weighted by Crippen LogP contribution is -2.30. The van der Waals surface area contributed by atoms with Gasteiger partial charge in [-0.05, 0) is 55.3 Å². The van der Waals surface area contributed by atoms with Crippen LogP contribution in [0, 0.1) is 6.92 Å². The van der Waals surface area contributed by atoms with E-state index in [0.717, 1.165) is 16.7 Å². The first-order valence-electron chi connectivity index (χ1n) is 8.94. The van der Waals surface area contributed by atoms with Gasteiger partial charge in [0.05, 0.1) is 10.6 Å². The number of benzene rings is 2. The summed E-state index contributed by atoms with van der Waals surface area (Å²) in [5.74, 6) is 1.34. The molecule has 142 valence electrons. The third-order valence-corrected chi connectivity index (χ3v) is 7.02. The van der Waals surface area contributed by atoms with Crippen LogP contribution in [0.25, 0.3) is 11.3 Å². The number of ether oxygens (including phenoxy) is 2. The smallest absolute Gasteiger partial charge is 0.270 e. The molecule has 3 aromatic rings. The topological polar surface area (TPSA) is 74.6 Å². The van der Waals surface area contributed by atoms with E-state index in [9.17, 15) is 13.2 Å². The monoisotopic (exact) mass is 395 g/mol. The van der Waals surface area contributed by atoms with Crippen molar-refractivity contribution in [2.45, 2.75) is 29.7 Å². The highest BCUT2D eigenvalue weighted by Gasteiger charge is 2.27. The molecule has 3 heterocycles. The summed E-state index contributed by atoms with van der Waals surface area (Å²) in [6, 6.07) is 13.4. The summed E-state index contributed by atoms with van der Waals surface area (Å²) in [5, 5.41) is 0. The van der Waals surface area contributed by atoms with Gasteiger partial charge < -0.3 is 14.0 Å². The molecule has 0 atom stereocenters. The van der Waals surface area contributed by atoms with E-state index in [0.29, 0.717) is 30.2 Å². The summed E-state index contributed by atoms with van der Waals surface area (Å²) in [4.78, 5) is 13.0. The molecule has 0 radical (unpaired) electrons. The molecule has 0 saturated carbocycles. The molecule has 0 spiro atoms. The molecule has 6 nitrogen and oxygen atoms in total. The van der Waals surface area contributed by atoms with Crippen LogP contribution in [0.15, 0.2) is 63.1 Å². The predicted octanol–water partition coefficient (Wildman–Crippen LogP) is 2.94. The highest BCUT2D eigenvalue weighted by Crippen LogP contribution is 2.40. The molecule has 0 bridgehead atoms. The van der Waals surface area contributed by atoms with Crippen LogP contribution in [0.4, 0.5) is 0 Å². The second-order valence-electron chi connectivity index (χ2n) is 6.97. The van der Waals surface area contributed by atoms with Gasteiger partial charge >= 0.3 is 0 Å². The zero-order valence-corrected chi connectivity index (χ0v) is 16.0. The lowest BCUT2D eigenvalue weighted by Gasteiger charge is -2.22. The predicted molar refractivity (Wildman–Crippen MR) is 103 cm³/mol. The Labute approximate surface area is 161 Å². The highest BCUT2D eigenvalue weighted by molar-refractivity contribution is 7.91. The fraction of sp³-hybridized carbons (Fsp3) is 0.190. The van der Waals surface area contributed by atoms with Crippen LogP contribution < -0.4 is 15.0 Å². The molecule has 0 N–H and O–H groups in total. The van der Waals surface area contributed by atoms with Crippen molar-refractivity contribution in [3.05, 3.63) is 70.0 Å². The number of pyridine rings is 1. The van der Waals surface area contributed by atoms with Crippen LogP contribution in [0.3, 0.4) is 0 Å². The molecule has 0 amide bonds. The largest absolute Gasteiger partial charge is 0.454 e. The maximum atomic E-state index is 13.1. The Hall–Kier alpha value is -3.06. The number of sulfone groups is 1. The lowest BCUT2D eigenvalue weighted by molar-refractivity contribution is 0.174. The normalized spacial score (nSPS) is 14.5. The molecule has 2 aromatic carbocycles. The van der Waals surface area contributed by atoms with Gasteiger partial charge in [0, 0.05) is 12.1 Å². The molecular weight excluding hydrogens is 378 g/mol. The molecule has 0 fully saturated rings. The minimum Gasteiger partial charge on any atom is -0.454 e.